The second-order valence-corrected chi connectivity index (χ2v) is 8.83. The Kier molecular flexibility index (Phi) is 7.54. The molecule has 0 aromatic heterocycles. The molecule has 0 radical (unpaired) electrons. The lowest BCUT2D eigenvalue weighted by Crippen LogP contribution is -2.41. The predicted octanol–water partition coefficient (Wildman–Crippen LogP) is 2.27. The molecule has 1 heterocycles. The van der Waals surface area contributed by atoms with Gasteiger partial charge in [-0.15, -0.1) is 0 Å². The van der Waals surface area contributed by atoms with Crippen LogP contribution in [0.3, 0.4) is 0 Å². The van der Waals surface area contributed by atoms with E-state index in [1.165, 1.54) is 4.31 Å². The SMILES string of the molecule is CCN(CC)S(=O)(=O)c1ccc(F)c(C(=O)OCC(=O)N2CCC[C@H](C)C2)c1. The molecule has 1 atom stereocenters. The molecule has 0 unspecified atom stereocenters. The van der Waals surface area contributed by atoms with Crippen molar-refractivity contribution in [2.24, 2.45) is 5.92 Å². The van der Waals surface area contributed by atoms with E-state index in [1.807, 2.05) is 6.92 Å². The maximum Gasteiger partial charge on any atom is 0.341 e. The monoisotopic (exact) mass is 414 g/mol. The number of esters is 1. The van der Waals surface area contributed by atoms with Crippen LogP contribution in [0.4, 0.5) is 4.39 Å². The highest BCUT2D eigenvalue weighted by atomic mass is 32.2. The van der Waals surface area contributed by atoms with Gasteiger partial charge in [0, 0.05) is 26.2 Å². The smallest absolute Gasteiger partial charge is 0.341 e. The van der Waals surface area contributed by atoms with Crippen molar-refractivity contribution in [1.29, 1.82) is 0 Å². The molecule has 0 saturated carbocycles. The van der Waals surface area contributed by atoms with Crippen LogP contribution in [0.25, 0.3) is 0 Å². The maximum absolute atomic E-state index is 14.1. The average Bonchev–Trinajstić information content (AvgIpc) is 2.66. The zero-order valence-corrected chi connectivity index (χ0v) is 17.3. The first-order valence-corrected chi connectivity index (χ1v) is 10.9. The molecule has 1 aliphatic rings. The first kappa shape index (κ1) is 22.3. The van der Waals surface area contributed by atoms with Crippen molar-refractivity contribution in [2.75, 3.05) is 32.8 Å². The van der Waals surface area contributed by atoms with Crippen LogP contribution in [0.1, 0.15) is 44.0 Å². The molecule has 1 aliphatic heterocycles. The maximum atomic E-state index is 14.1. The number of carbonyl (C=O) groups excluding carboxylic acids is 2. The van der Waals surface area contributed by atoms with E-state index >= 15 is 0 Å². The number of hydrogen-bond donors (Lipinski definition) is 0. The van der Waals surface area contributed by atoms with E-state index in [2.05, 4.69) is 0 Å². The van der Waals surface area contributed by atoms with Crippen LogP contribution in [-0.4, -0.2) is 62.3 Å². The van der Waals surface area contributed by atoms with Gasteiger partial charge >= 0.3 is 5.97 Å². The summed E-state index contributed by atoms with van der Waals surface area (Å²) in [6.07, 6.45) is 1.93. The molecule has 1 aromatic rings. The Morgan fingerprint density at radius 1 is 1.29 bits per heavy atom. The standard InChI is InChI=1S/C19H27FN2O5S/c1-4-22(5-2)28(25,26)15-8-9-17(20)16(11-15)19(24)27-13-18(23)21-10-6-7-14(3)12-21/h8-9,11,14H,4-7,10,12-13H2,1-3H3/t14-/m0/s1. The normalized spacial score (nSPS) is 17.6. The number of benzene rings is 1. The third kappa shape index (κ3) is 5.08. The van der Waals surface area contributed by atoms with Gasteiger partial charge in [0.1, 0.15) is 5.82 Å². The second kappa shape index (κ2) is 9.47. The van der Waals surface area contributed by atoms with Crippen LogP contribution < -0.4 is 0 Å². The molecule has 1 amide bonds. The summed E-state index contributed by atoms with van der Waals surface area (Å²) < 4.78 is 45.4. The highest BCUT2D eigenvalue weighted by Crippen LogP contribution is 2.20. The minimum absolute atomic E-state index is 0.194. The molecule has 1 fully saturated rings. The van der Waals surface area contributed by atoms with Crippen LogP contribution in [0.5, 0.6) is 0 Å². The Morgan fingerprint density at radius 3 is 2.57 bits per heavy atom. The van der Waals surface area contributed by atoms with Crippen LogP contribution in [0.15, 0.2) is 23.1 Å². The van der Waals surface area contributed by atoms with Gasteiger partial charge in [0.05, 0.1) is 10.5 Å². The minimum atomic E-state index is -3.84. The minimum Gasteiger partial charge on any atom is -0.452 e. The van der Waals surface area contributed by atoms with E-state index in [-0.39, 0.29) is 23.9 Å². The van der Waals surface area contributed by atoms with Crippen molar-refractivity contribution in [3.63, 3.8) is 0 Å². The lowest BCUT2D eigenvalue weighted by Gasteiger charge is -2.30. The Labute approximate surface area is 165 Å². The summed E-state index contributed by atoms with van der Waals surface area (Å²) in [5, 5.41) is 0. The van der Waals surface area contributed by atoms with Crippen LogP contribution in [0.2, 0.25) is 0 Å². The molecular formula is C19H27FN2O5S. The Morgan fingerprint density at radius 2 is 1.96 bits per heavy atom. The fourth-order valence-corrected chi connectivity index (χ4v) is 4.73. The van der Waals surface area contributed by atoms with E-state index in [1.54, 1.807) is 18.7 Å². The third-order valence-corrected chi connectivity index (χ3v) is 6.88. The quantitative estimate of drug-likeness (QED) is 0.639. The van der Waals surface area contributed by atoms with Gasteiger partial charge in [0.25, 0.3) is 5.91 Å². The summed E-state index contributed by atoms with van der Waals surface area (Å²) in [5.41, 5.74) is -0.506. The van der Waals surface area contributed by atoms with Gasteiger partial charge in [0.2, 0.25) is 10.0 Å². The van der Waals surface area contributed by atoms with Gasteiger partial charge in [-0.1, -0.05) is 20.8 Å². The summed E-state index contributed by atoms with van der Waals surface area (Å²) in [5.74, 6) is -1.92. The van der Waals surface area contributed by atoms with Gasteiger partial charge in [-0.25, -0.2) is 17.6 Å². The summed E-state index contributed by atoms with van der Waals surface area (Å²) in [4.78, 5) is 25.9. The number of halogens is 1. The molecule has 9 heteroatoms. The lowest BCUT2D eigenvalue weighted by molar-refractivity contribution is -0.136. The number of nitrogens with zero attached hydrogens (tertiary/aromatic N) is 2. The number of sulfonamides is 1. The molecular weight excluding hydrogens is 387 g/mol. The Hall–Kier alpha value is -2.00. The highest BCUT2D eigenvalue weighted by Gasteiger charge is 2.26. The van der Waals surface area contributed by atoms with Crippen molar-refractivity contribution in [3.05, 3.63) is 29.6 Å². The van der Waals surface area contributed by atoms with Gasteiger partial charge < -0.3 is 9.64 Å². The number of carbonyl (C=O) groups is 2. The third-order valence-electron chi connectivity index (χ3n) is 4.84. The molecule has 28 heavy (non-hydrogen) atoms. The number of rotatable bonds is 7. The molecule has 156 valence electrons. The Balaban J connectivity index is 2.12. The largest absolute Gasteiger partial charge is 0.452 e. The molecule has 7 nitrogen and oxygen atoms in total. The van der Waals surface area contributed by atoms with E-state index < -0.39 is 34.0 Å². The number of likely N-dealkylation sites (tertiary alicyclic amines) is 1. The number of piperidine rings is 1. The zero-order valence-electron chi connectivity index (χ0n) is 16.5. The fourth-order valence-electron chi connectivity index (χ4n) is 3.25. The highest BCUT2D eigenvalue weighted by molar-refractivity contribution is 7.89. The second-order valence-electron chi connectivity index (χ2n) is 6.89. The van der Waals surface area contributed by atoms with Crippen molar-refractivity contribution < 1.29 is 27.1 Å². The Bertz CT molecular complexity index is 824. The molecule has 1 saturated heterocycles. The van der Waals surface area contributed by atoms with E-state index in [4.69, 9.17) is 4.74 Å². The number of amides is 1. The van der Waals surface area contributed by atoms with Gasteiger partial charge in [0.15, 0.2) is 6.61 Å². The van der Waals surface area contributed by atoms with Crippen LogP contribution in [-0.2, 0) is 19.6 Å². The lowest BCUT2D eigenvalue weighted by atomic mass is 10.0. The zero-order chi connectivity index (χ0) is 20.9. The average molecular weight is 414 g/mol. The van der Waals surface area contributed by atoms with Crippen LogP contribution >= 0.6 is 0 Å². The first-order chi connectivity index (χ1) is 13.2. The molecule has 0 spiro atoms. The predicted molar refractivity (Wildman–Crippen MR) is 102 cm³/mol. The number of ether oxygens (including phenoxy) is 1. The van der Waals surface area contributed by atoms with E-state index in [9.17, 15) is 22.4 Å². The van der Waals surface area contributed by atoms with E-state index in [0.717, 1.165) is 31.0 Å². The van der Waals surface area contributed by atoms with Gasteiger partial charge in [-0.3, -0.25) is 4.79 Å². The topological polar surface area (TPSA) is 84.0 Å². The summed E-state index contributed by atoms with van der Waals surface area (Å²) in [7, 11) is -3.84. The van der Waals surface area contributed by atoms with Crippen molar-refractivity contribution in [1.82, 2.24) is 9.21 Å². The first-order valence-electron chi connectivity index (χ1n) is 9.45. The molecule has 0 bridgehead atoms. The fraction of sp³-hybridized carbons (Fsp3) is 0.579. The van der Waals surface area contributed by atoms with Gasteiger partial charge in [-0.2, -0.15) is 4.31 Å². The molecule has 0 N–H and O–H groups in total. The van der Waals surface area contributed by atoms with Crippen LogP contribution in [0, 0.1) is 11.7 Å². The summed E-state index contributed by atoms with van der Waals surface area (Å²) in [6, 6.07) is 2.99. The molecule has 0 aliphatic carbocycles. The van der Waals surface area contributed by atoms with Gasteiger partial charge in [-0.05, 0) is 37.0 Å². The van der Waals surface area contributed by atoms with E-state index in [0.29, 0.717) is 19.0 Å². The molecule has 2 rings (SSSR count). The van der Waals surface area contributed by atoms with Crippen molar-refractivity contribution in [3.8, 4) is 0 Å². The van der Waals surface area contributed by atoms with Crippen molar-refractivity contribution >= 4 is 21.9 Å². The van der Waals surface area contributed by atoms with Crippen molar-refractivity contribution in [2.45, 2.75) is 38.5 Å². The summed E-state index contributed by atoms with van der Waals surface area (Å²) in [6.45, 7) is 6.62. The summed E-state index contributed by atoms with van der Waals surface area (Å²) >= 11 is 0. The number of hydrogen-bond acceptors (Lipinski definition) is 5. The molecule has 1 aromatic carbocycles.